The van der Waals surface area contributed by atoms with Crippen molar-refractivity contribution >= 4 is 35.3 Å². The molecule has 3 aliphatic carbocycles. The molecule has 3 aliphatic rings. The maximum Gasteiger partial charge on any atom is 0.216 e. The van der Waals surface area contributed by atoms with E-state index < -0.39 is 8.07 Å². The zero-order chi connectivity index (χ0) is 36.2. The van der Waals surface area contributed by atoms with Gasteiger partial charge in [-0.1, -0.05) is 131 Å². The van der Waals surface area contributed by atoms with Crippen molar-refractivity contribution in [3.8, 4) is 22.5 Å². The van der Waals surface area contributed by atoms with E-state index in [2.05, 4.69) is 91.5 Å². The average molecular weight is 910 g/mol. The van der Waals surface area contributed by atoms with Gasteiger partial charge in [0.05, 0.1) is 13.7 Å². The molecule has 4 nitrogen and oxygen atoms in total. The Hall–Kier alpha value is -3.44. The first kappa shape index (κ1) is 38.8. The van der Waals surface area contributed by atoms with Crippen LogP contribution < -0.4 is 5.19 Å². The van der Waals surface area contributed by atoms with Crippen LogP contribution >= 0.6 is 0 Å². The maximum absolute atomic E-state index is 6.33. The fourth-order valence-electron chi connectivity index (χ4n) is 9.33. The van der Waals surface area contributed by atoms with Gasteiger partial charge in [0.1, 0.15) is 0 Å². The van der Waals surface area contributed by atoms with Crippen LogP contribution in [0.2, 0.25) is 19.6 Å². The number of furan rings is 1. The number of aromatic nitrogens is 3. The SMILES string of the molecule is C[Si](C)(C)c1cnc(-c2[c-]cccc2)cc1CC1CCCC1.[Ir].[c-]1ccc2c(oc3nc(CC4CCCC4)ccc32)c1-c1cc(CC2CCCC2)ccn1. The van der Waals surface area contributed by atoms with Gasteiger partial charge in [0, 0.05) is 43.6 Å². The van der Waals surface area contributed by atoms with Gasteiger partial charge in [0.2, 0.25) is 5.71 Å². The van der Waals surface area contributed by atoms with E-state index in [1.165, 1.54) is 89.0 Å². The molecule has 283 valence electrons. The van der Waals surface area contributed by atoms with Gasteiger partial charge in [-0.25, -0.2) is 4.98 Å². The molecule has 6 aromatic rings. The first-order valence-corrected chi connectivity index (χ1v) is 24.0. The van der Waals surface area contributed by atoms with E-state index in [0.29, 0.717) is 0 Å². The number of hydrogen-bond donors (Lipinski definition) is 0. The average Bonchev–Trinajstić information content (AvgIpc) is 4.01. The van der Waals surface area contributed by atoms with Crippen LogP contribution in [0.5, 0.6) is 0 Å². The normalized spacial score (nSPS) is 16.9. The summed E-state index contributed by atoms with van der Waals surface area (Å²) in [7, 11) is -1.35. The van der Waals surface area contributed by atoms with Gasteiger partial charge in [-0.2, -0.15) is 0 Å². The minimum absolute atomic E-state index is 0. The molecule has 3 fully saturated rings. The van der Waals surface area contributed by atoms with E-state index >= 15 is 0 Å². The van der Waals surface area contributed by atoms with E-state index in [1.54, 1.807) is 10.8 Å². The predicted octanol–water partition coefficient (Wildman–Crippen LogP) is 12.1. The van der Waals surface area contributed by atoms with E-state index in [4.69, 9.17) is 14.4 Å². The van der Waals surface area contributed by atoms with Crippen LogP contribution in [0.1, 0.15) is 93.9 Å². The zero-order valence-corrected chi connectivity index (χ0v) is 35.8. The molecule has 4 heterocycles. The number of nitrogens with zero attached hydrogens (tertiary/aromatic N) is 3. The maximum atomic E-state index is 6.33. The molecule has 1 radical (unpaired) electrons. The predicted molar refractivity (Wildman–Crippen MR) is 222 cm³/mol. The summed E-state index contributed by atoms with van der Waals surface area (Å²) in [6.07, 6.45) is 24.1. The van der Waals surface area contributed by atoms with E-state index in [1.807, 2.05) is 24.4 Å². The van der Waals surface area contributed by atoms with Crippen molar-refractivity contribution in [2.45, 2.75) is 116 Å². The molecule has 0 aliphatic heterocycles. The largest absolute Gasteiger partial charge is 0.486 e. The van der Waals surface area contributed by atoms with E-state index in [9.17, 15) is 0 Å². The second-order valence-electron chi connectivity index (χ2n) is 17.2. The van der Waals surface area contributed by atoms with Gasteiger partial charge in [-0.15, -0.1) is 54.1 Å². The molecule has 0 saturated heterocycles. The van der Waals surface area contributed by atoms with Gasteiger partial charge in [-0.3, -0.25) is 0 Å². The van der Waals surface area contributed by atoms with Gasteiger partial charge < -0.3 is 14.4 Å². The first-order valence-electron chi connectivity index (χ1n) is 20.5. The molecule has 6 heteroatoms. The van der Waals surface area contributed by atoms with Crippen LogP contribution in [0, 0.1) is 29.9 Å². The fourth-order valence-corrected chi connectivity index (χ4v) is 10.9. The summed E-state index contributed by atoms with van der Waals surface area (Å²) < 4.78 is 6.33. The summed E-state index contributed by atoms with van der Waals surface area (Å²) in [5.41, 5.74) is 9.76. The number of rotatable bonds is 9. The number of pyridine rings is 3. The molecule has 54 heavy (non-hydrogen) atoms. The zero-order valence-electron chi connectivity index (χ0n) is 32.4. The van der Waals surface area contributed by atoms with Crippen LogP contribution in [0.3, 0.4) is 0 Å². The van der Waals surface area contributed by atoms with Crippen molar-refractivity contribution in [2.75, 3.05) is 0 Å². The Balaban J connectivity index is 0.000000174. The Labute approximate surface area is 337 Å². The number of fused-ring (bicyclic) bond motifs is 3. The molecule has 0 unspecified atom stereocenters. The minimum Gasteiger partial charge on any atom is -0.486 e. The third-order valence-corrected chi connectivity index (χ3v) is 14.2. The Morgan fingerprint density at radius 2 is 1.39 bits per heavy atom. The summed E-state index contributed by atoms with van der Waals surface area (Å²) in [6.45, 7) is 7.28. The van der Waals surface area contributed by atoms with Crippen molar-refractivity contribution in [3.05, 3.63) is 108 Å². The van der Waals surface area contributed by atoms with E-state index in [-0.39, 0.29) is 20.1 Å². The van der Waals surface area contributed by atoms with Crippen LogP contribution in [0.4, 0.5) is 0 Å². The van der Waals surface area contributed by atoms with Gasteiger partial charge in [0.25, 0.3) is 0 Å². The summed E-state index contributed by atoms with van der Waals surface area (Å²) in [4.78, 5) is 14.3. The molecule has 0 amide bonds. The molecule has 0 bridgehead atoms. The van der Waals surface area contributed by atoms with Crippen LogP contribution in [0.15, 0.2) is 83.5 Å². The quantitative estimate of drug-likeness (QED) is 0.107. The molecule has 0 spiro atoms. The summed E-state index contributed by atoms with van der Waals surface area (Å²) in [6, 6.07) is 30.1. The second-order valence-corrected chi connectivity index (χ2v) is 22.3. The monoisotopic (exact) mass is 910 g/mol. The van der Waals surface area contributed by atoms with Crippen LogP contribution in [0.25, 0.3) is 44.6 Å². The summed E-state index contributed by atoms with van der Waals surface area (Å²) in [5, 5.41) is 3.73. The smallest absolute Gasteiger partial charge is 0.216 e. The molecule has 0 N–H and O–H groups in total. The van der Waals surface area contributed by atoms with Gasteiger partial charge in [-0.05, 0) is 71.8 Å². The molecule has 3 saturated carbocycles. The van der Waals surface area contributed by atoms with Gasteiger partial charge in [0.15, 0.2) is 0 Å². The standard InChI is InChI=1S/C28H29N2O.C20H26NSi.Ir/c1-2-7-19(6-1)16-21-14-15-29-26(18-21)25-11-5-10-23-24-13-12-22(17-20-8-3-4-9-20)30-28(24)31-27(23)25;1-22(2,3)20-15-21-19(17-11-5-4-6-12-17)14-18(20)13-16-9-7-8-10-16;/h5,10,12-15,18-20H,1-4,6-9,16-17H2;4-6,11,14-16H,7-10,13H2,1-3H3;/q2*-1;. The Kier molecular flexibility index (Phi) is 12.6. The number of hydrogen-bond acceptors (Lipinski definition) is 4. The molecular weight excluding hydrogens is 855 g/mol. The Bertz CT molecular complexity index is 2140. The topological polar surface area (TPSA) is 51.8 Å². The van der Waals surface area contributed by atoms with Crippen molar-refractivity contribution in [1.29, 1.82) is 0 Å². The molecular formula is C48H55IrN3OSi-2. The summed E-state index contributed by atoms with van der Waals surface area (Å²) in [5.74, 6) is 2.49. The van der Waals surface area contributed by atoms with Crippen LogP contribution in [-0.2, 0) is 39.4 Å². The van der Waals surface area contributed by atoms with E-state index in [0.717, 1.165) is 80.9 Å². The van der Waals surface area contributed by atoms with Gasteiger partial charge >= 0.3 is 0 Å². The molecule has 9 rings (SSSR count). The Morgan fingerprint density at radius 3 is 2.07 bits per heavy atom. The minimum atomic E-state index is -1.35. The Morgan fingerprint density at radius 1 is 0.685 bits per heavy atom. The van der Waals surface area contributed by atoms with Crippen molar-refractivity contribution in [1.82, 2.24) is 15.0 Å². The van der Waals surface area contributed by atoms with Crippen molar-refractivity contribution in [3.63, 3.8) is 0 Å². The molecule has 4 aromatic heterocycles. The molecule has 2 aromatic carbocycles. The molecule has 0 atom stereocenters. The third-order valence-electron chi connectivity index (χ3n) is 12.2. The summed E-state index contributed by atoms with van der Waals surface area (Å²) >= 11 is 0. The number of benzene rings is 2. The van der Waals surface area contributed by atoms with Crippen molar-refractivity contribution < 1.29 is 24.5 Å². The second kappa shape index (κ2) is 17.6. The third kappa shape index (κ3) is 9.15. The van der Waals surface area contributed by atoms with Crippen LogP contribution in [-0.4, -0.2) is 23.0 Å². The van der Waals surface area contributed by atoms with Crippen molar-refractivity contribution in [2.24, 2.45) is 17.8 Å². The first-order chi connectivity index (χ1) is 25.9. The fraction of sp³-hybridized carbons (Fsp3) is 0.438.